The molecule has 0 aliphatic carbocycles. The van der Waals surface area contributed by atoms with Crippen molar-refractivity contribution in [3.8, 4) is 28.4 Å². The second-order valence-corrected chi connectivity index (χ2v) is 8.17. The number of fused-ring (bicyclic) bond motifs is 1. The molecule has 31 heavy (non-hydrogen) atoms. The van der Waals surface area contributed by atoms with E-state index in [1.165, 1.54) is 26.4 Å². The van der Waals surface area contributed by atoms with Gasteiger partial charge in [0.1, 0.15) is 4.90 Å². The summed E-state index contributed by atoms with van der Waals surface area (Å²) in [5.41, 5.74) is 0.461. The van der Waals surface area contributed by atoms with Gasteiger partial charge in [-0.3, -0.25) is 4.79 Å². The van der Waals surface area contributed by atoms with E-state index in [4.69, 9.17) is 13.7 Å². The Hall–Kier alpha value is -3.78. The number of hydrogen-bond acceptors (Lipinski definition) is 6. The molecule has 0 saturated heterocycles. The number of rotatable bonds is 6. The van der Waals surface area contributed by atoms with Crippen molar-refractivity contribution in [3.63, 3.8) is 0 Å². The van der Waals surface area contributed by atoms with Crippen LogP contribution in [0.1, 0.15) is 0 Å². The van der Waals surface area contributed by atoms with E-state index in [1.807, 2.05) is 0 Å². The first-order valence-electron chi connectivity index (χ1n) is 9.31. The van der Waals surface area contributed by atoms with Crippen LogP contribution < -0.4 is 19.2 Å². The largest absolute Gasteiger partial charge is 0.493 e. The van der Waals surface area contributed by atoms with E-state index in [9.17, 15) is 13.2 Å². The van der Waals surface area contributed by atoms with Crippen molar-refractivity contribution in [1.82, 2.24) is 4.98 Å². The van der Waals surface area contributed by atoms with Gasteiger partial charge in [0.2, 0.25) is 0 Å². The third-order valence-corrected chi connectivity index (χ3v) is 5.99. The maximum atomic E-state index is 13.0. The molecule has 1 heterocycles. The van der Waals surface area contributed by atoms with Crippen LogP contribution in [0.3, 0.4) is 0 Å². The predicted molar refractivity (Wildman–Crippen MR) is 117 cm³/mol. The van der Waals surface area contributed by atoms with Gasteiger partial charge in [0.05, 0.1) is 25.3 Å². The van der Waals surface area contributed by atoms with E-state index >= 15 is 0 Å². The Bertz CT molecular complexity index is 1400. The van der Waals surface area contributed by atoms with Crippen LogP contribution in [0, 0.1) is 0 Å². The number of ether oxygens (including phenoxy) is 2. The third-order valence-electron chi connectivity index (χ3n) is 4.76. The molecule has 1 N–H and O–H groups in total. The fourth-order valence-corrected chi connectivity index (χ4v) is 4.27. The third kappa shape index (κ3) is 3.85. The van der Waals surface area contributed by atoms with Gasteiger partial charge in [0.15, 0.2) is 17.2 Å². The summed E-state index contributed by atoms with van der Waals surface area (Å²) < 4.78 is 42.3. The molecule has 0 fully saturated rings. The van der Waals surface area contributed by atoms with E-state index in [-0.39, 0.29) is 16.2 Å². The molecule has 0 unspecified atom stereocenters. The Kier molecular flexibility index (Phi) is 5.39. The van der Waals surface area contributed by atoms with Crippen molar-refractivity contribution in [1.29, 1.82) is 0 Å². The lowest BCUT2D eigenvalue weighted by atomic mass is 10.0. The van der Waals surface area contributed by atoms with Gasteiger partial charge in [0.25, 0.3) is 5.56 Å². The Labute approximate surface area is 179 Å². The highest BCUT2D eigenvalue weighted by molar-refractivity contribution is 7.87. The zero-order valence-corrected chi connectivity index (χ0v) is 17.6. The minimum absolute atomic E-state index is 0.0251. The van der Waals surface area contributed by atoms with Crippen LogP contribution in [0.4, 0.5) is 0 Å². The second-order valence-electron chi connectivity index (χ2n) is 6.63. The van der Waals surface area contributed by atoms with Crippen LogP contribution in [-0.4, -0.2) is 27.6 Å². The molecular formula is C23H19NO6S. The maximum Gasteiger partial charge on any atom is 0.339 e. The number of aromatic nitrogens is 1. The molecule has 0 aliphatic rings. The molecule has 7 nitrogen and oxygen atoms in total. The monoisotopic (exact) mass is 437 g/mol. The van der Waals surface area contributed by atoms with Crippen molar-refractivity contribution < 1.29 is 22.1 Å². The first-order chi connectivity index (χ1) is 14.9. The molecule has 158 valence electrons. The topological polar surface area (TPSA) is 94.7 Å². The molecule has 0 bridgehead atoms. The minimum atomic E-state index is -4.21. The SMILES string of the molecule is COc1cc2[nH]c(=O)c(-c3ccccc3)c(OS(=O)(=O)c3ccccc3)c2cc1OC. The van der Waals surface area contributed by atoms with E-state index in [1.54, 1.807) is 60.7 Å². The average molecular weight is 437 g/mol. The summed E-state index contributed by atoms with van der Waals surface area (Å²) >= 11 is 0. The molecule has 0 radical (unpaired) electrons. The number of pyridine rings is 1. The van der Waals surface area contributed by atoms with Gasteiger partial charge in [-0.2, -0.15) is 8.42 Å². The summed E-state index contributed by atoms with van der Waals surface area (Å²) in [4.78, 5) is 15.8. The molecule has 0 saturated carbocycles. The lowest BCUT2D eigenvalue weighted by molar-refractivity contribution is 0.355. The summed E-state index contributed by atoms with van der Waals surface area (Å²) in [6, 6.07) is 19.6. The van der Waals surface area contributed by atoms with Gasteiger partial charge in [0, 0.05) is 11.5 Å². The van der Waals surface area contributed by atoms with Crippen LogP contribution in [0.5, 0.6) is 17.2 Å². The van der Waals surface area contributed by atoms with Crippen molar-refractivity contribution in [2.75, 3.05) is 14.2 Å². The van der Waals surface area contributed by atoms with E-state index in [0.717, 1.165) is 0 Å². The van der Waals surface area contributed by atoms with Crippen molar-refractivity contribution in [2.24, 2.45) is 0 Å². The number of methoxy groups -OCH3 is 2. The summed E-state index contributed by atoms with van der Waals surface area (Å²) in [7, 11) is -1.28. The Morgan fingerprint density at radius 3 is 2.00 bits per heavy atom. The van der Waals surface area contributed by atoms with Crippen LogP contribution in [-0.2, 0) is 10.1 Å². The van der Waals surface area contributed by atoms with Gasteiger partial charge in [-0.25, -0.2) is 0 Å². The number of aromatic amines is 1. The van der Waals surface area contributed by atoms with Gasteiger partial charge in [-0.05, 0) is 23.8 Å². The van der Waals surface area contributed by atoms with Crippen LogP contribution in [0.2, 0.25) is 0 Å². The van der Waals surface area contributed by atoms with Gasteiger partial charge < -0.3 is 18.6 Å². The van der Waals surface area contributed by atoms with Crippen molar-refractivity contribution >= 4 is 21.0 Å². The highest BCUT2D eigenvalue weighted by Gasteiger charge is 2.24. The fraction of sp³-hybridized carbons (Fsp3) is 0.0870. The Balaban J connectivity index is 2.05. The zero-order chi connectivity index (χ0) is 22.0. The van der Waals surface area contributed by atoms with Crippen molar-refractivity contribution in [3.05, 3.63) is 83.2 Å². The number of hydrogen-bond donors (Lipinski definition) is 1. The molecule has 1 aromatic heterocycles. The lowest BCUT2D eigenvalue weighted by Crippen LogP contribution is -2.16. The standard InChI is InChI=1S/C23H19NO6S/c1-28-19-13-17-18(14-20(19)29-2)24-23(25)21(15-9-5-3-6-10-15)22(17)30-31(26,27)16-11-7-4-8-12-16/h3-14H,1-2H3,(H,24,25). The van der Waals surface area contributed by atoms with E-state index < -0.39 is 15.7 Å². The van der Waals surface area contributed by atoms with Gasteiger partial charge >= 0.3 is 10.1 Å². The second kappa shape index (κ2) is 8.16. The molecule has 0 amide bonds. The molecule has 4 rings (SSSR count). The quantitative estimate of drug-likeness (QED) is 0.459. The first kappa shape index (κ1) is 20.5. The predicted octanol–water partition coefficient (Wildman–Crippen LogP) is 3.98. The number of benzene rings is 3. The van der Waals surface area contributed by atoms with E-state index in [0.29, 0.717) is 28.0 Å². The summed E-state index contributed by atoms with van der Waals surface area (Å²) in [6.07, 6.45) is 0. The van der Waals surface area contributed by atoms with Crippen LogP contribution in [0.15, 0.2) is 82.5 Å². The molecule has 0 aliphatic heterocycles. The zero-order valence-electron chi connectivity index (χ0n) is 16.8. The summed E-state index contributed by atoms with van der Waals surface area (Å²) in [5, 5.41) is 0.357. The summed E-state index contributed by atoms with van der Waals surface area (Å²) in [5.74, 6) is 0.660. The Morgan fingerprint density at radius 2 is 1.39 bits per heavy atom. The molecule has 0 spiro atoms. The first-order valence-corrected chi connectivity index (χ1v) is 10.7. The molecule has 0 atom stereocenters. The summed E-state index contributed by atoms with van der Waals surface area (Å²) in [6.45, 7) is 0. The number of nitrogens with one attached hydrogen (secondary N) is 1. The molecular weight excluding hydrogens is 418 g/mol. The normalized spacial score (nSPS) is 11.3. The lowest BCUT2D eigenvalue weighted by Gasteiger charge is -2.16. The number of H-pyrrole nitrogens is 1. The van der Waals surface area contributed by atoms with Gasteiger partial charge in [-0.1, -0.05) is 48.5 Å². The fourth-order valence-electron chi connectivity index (χ4n) is 3.29. The van der Waals surface area contributed by atoms with Gasteiger partial charge in [-0.15, -0.1) is 0 Å². The minimum Gasteiger partial charge on any atom is -0.493 e. The average Bonchev–Trinajstić information content (AvgIpc) is 2.79. The Morgan fingerprint density at radius 1 is 0.806 bits per heavy atom. The molecule has 8 heteroatoms. The maximum absolute atomic E-state index is 13.0. The highest BCUT2D eigenvalue weighted by atomic mass is 32.2. The molecule has 3 aromatic carbocycles. The van der Waals surface area contributed by atoms with E-state index in [2.05, 4.69) is 4.98 Å². The van der Waals surface area contributed by atoms with Crippen molar-refractivity contribution in [2.45, 2.75) is 4.90 Å². The molecule has 4 aromatic rings. The van der Waals surface area contributed by atoms with Crippen LogP contribution in [0.25, 0.3) is 22.0 Å². The van der Waals surface area contributed by atoms with Crippen LogP contribution >= 0.6 is 0 Å². The highest BCUT2D eigenvalue weighted by Crippen LogP contribution is 2.40. The smallest absolute Gasteiger partial charge is 0.339 e.